The monoisotopic (exact) mass is 235 g/mol. The summed E-state index contributed by atoms with van der Waals surface area (Å²) in [6.07, 6.45) is 2.05. The van der Waals surface area contributed by atoms with Crippen molar-refractivity contribution in [3.8, 4) is 10.6 Å². The van der Waals surface area contributed by atoms with E-state index in [1.807, 2.05) is 10.7 Å². The van der Waals surface area contributed by atoms with Gasteiger partial charge >= 0.3 is 0 Å². The Morgan fingerprint density at radius 2 is 2.19 bits per heavy atom. The minimum atomic E-state index is -0.000566. The van der Waals surface area contributed by atoms with Crippen LogP contribution < -0.4 is 5.73 Å². The van der Waals surface area contributed by atoms with E-state index in [1.165, 1.54) is 4.88 Å². The summed E-state index contributed by atoms with van der Waals surface area (Å²) in [5.74, 6) is 0. The average molecular weight is 235 g/mol. The molecule has 4 heteroatoms. The van der Waals surface area contributed by atoms with Gasteiger partial charge in [0.25, 0.3) is 0 Å². The Hall–Kier alpha value is -1.13. The highest BCUT2D eigenvalue weighted by atomic mass is 32.1. The lowest BCUT2D eigenvalue weighted by atomic mass is 10.1. The second-order valence-corrected chi connectivity index (χ2v) is 5.75. The molecule has 16 heavy (non-hydrogen) atoms. The maximum absolute atomic E-state index is 5.76. The molecule has 0 aliphatic heterocycles. The summed E-state index contributed by atoms with van der Waals surface area (Å²) in [4.78, 5) is 1.18. The van der Waals surface area contributed by atoms with E-state index in [0.717, 1.165) is 11.3 Å². The van der Waals surface area contributed by atoms with Gasteiger partial charge in [0.15, 0.2) is 0 Å². The van der Waals surface area contributed by atoms with Gasteiger partial charge < -0.3 is 5.73 Å². The number of thiophene rings is 1. The number of nitrogens with two attached hydrogens (primary N) is 1. The summed E-state index contributed by atoms with van der Waals surface area (Å²) in [6.45, 7) is 6.94. The van der Waals surface area contributed by atoms with E-state index in [1.54, 1.807) is 11.3 Å². The highest BCUT2D eigenvalue weighted by Gasteiger charge is 2.18. The van der Waals surface area contributed by atoms with Crippen molar-refractivity contribution in [2.24, 2.45) is 5.73 Å². The van der Waals surface area contributed by atoms with E-state index in [0.29, 0.717) is 6.54 Å². The van der Waals surface area contributed by atoms with Gasteiger partial charge in [0, 0.05) is 18.3 Å². The van der Waals surface area contributed by atoms with E-state index in [4.69, 9.17) is 5.73 Å². The Balaban J connectivity index is 2.50. The maximum atomic E-state index is 5.76. The van der Waals surface area contributed by atoms with Crippen LogP contribution in [0.4, 0.5) is 0 Å². The number of hydrogen-bond acceptors (Lipinski definition) is 3. The molecular formula is C12H17N3S. The molecule has 0 aliphatic carbocycles. The van der Waals surface area contributed by atoms with Crippen LogP contribution >= 0.6 is 11.3 Å². The lowest BCUT2D eigenvalue weighted by Gasteiger charge is -2.18. The van der Waals surface area contributed by atoms with E-state index in [9.17, 15) is 0 Å². The molecule has 2 N–H and O–H groups in total. The molecule has 2 aromatic heterocycles. The summed E-state index contributed by atoms with van der Waals surface area (Å²) in [7, 11) is 0. The van der Waals surface area contributed by atoms with E-state index >= 15 is 0 Å². The van der Waals surface area contributed by atoms with Gasteiger partial charge in [-0.15, -0.1) is 11.3 Å². The maximum Gasteiger partial charge on any atom is 0.107 e. The smallest absolute Gasteiger partial charge is 0.107 e. The first-order valence-corrected chi connectivity index (χ1v) is 6.23. The topological polar surface area (TPSA) is 43.8 Å². The third-order valence-electron chi connectivity index (χ3n) is 2.45. The fourth-order valence-corrected chi connectivity index (χ4v) is 2.27. The van der Waals surface area contributed by atoms with Gasteiger partial charge in [-0.05, 0) is 32.2 Å². The van der Waals surface area contributed by atoms with E-state index in [-0.39, 0.29) is 5.54 Å². The number of nitrogens with zero attached hydrogens (tertiary/aromatic N) is 2. The summed E-state index contributed by atoms with van der Waals surface area (Å²) in [5.41, 5.74) is 7.89. The Labute approximate surface area is 99.9 Å². The van der Waals surface area contributed by atoms with Gasteiger partial charge in [-0.25, -0.2) is 0 Å². The number of rotatable bonds is 2. The molecule has 0 radical (unpaired) electrons. The molecule has 2 heterocycles. The fourth-order valence-electron chi connectivity index (χ4n) is 1.52. The molecule has 0 aliphatic rings. The molecule has 2 rings (SSSR count). The third kappa shape index (κ3) is 2.03. The first-order chi connectivity index (χ1) is 7.52. The lowest BCUT2D eigenvalue weighted by molar-refractivity contribution is 0.356. The van der Waals surface area contributed by atoms with Crippen molar-refractivity contribution in [1.29, 1.82) is 0 Å². The Bertz CT molecular complexity index is 463. The first-order valence-electron chi connectivity index (χ1n) is 5.35. The molecule has 0 unspecified atom stereocenters. The van der Waals surface area contributed by atoms with Crippen molar-refractivity contribution in [2.75, 3.05) is 0 Å². The largest absolute Gasteiger partial charge is 0.326 e. The molecule has 0 saturated carbocycles. The van der Waals surface area contributed by atoms with Crippen molar-refractivity contribution < 1.29 is 0 Å². The van der Waals surface area contributed by atoms with Gasteiger partial charge in [-0.1, -0.05) is 6.07 Å². The highest BCUT2D eigenvalue weighted by Crippen LogP contribution is 2.28. The van der Waals surface area contributed by atoms with Gasteiger partial charge in [-0.2, -0.15) is 5.10 Å². The summed E-state index contributed by atoms with van der Waals surface area (Å²) >= 11 is 1.70. The van der Waals surface area contributed by atoms with Crippen LogP contribution in [0, 0.1) is 0 Å². The van der Waals surface area contributed by atoms with Crippen LogP contribution in [-0.4, -0.2) is 9.78 Å². The minimum absolute atomic E-state index is 0.000566. The van der Waals surface area contributed by atoms with Crippen molar-refractivity contribution >= 4 is 11.3 Å². The van der Waals surface area contributed by atoms with Crippen LogP contribution in [0.25, 0.3) is 10.6 Å². The number of aromatic nitrogens is 2. The van der Waals surface area contributed by atoms with Crippen LogP contribution in [0.5, 0.6) is 0 Å². The second kappa shape index (κ2) is 4.03. The van der Waals surface area contributed by atoms with Crippen molar-refractivity contribution in [3.05, 3.63) is 29.3 Å². The lowest BCUT2D eigenvalue weighted by Crippen LogP contribution is -2.22. The summed E-state index contributed by atoms with van der Waals surface area (Å²) in [6, 6.07) is 4.12. The van der Waals surface area contributed by atoms with E-state index < -0.39 is 0 Å². The standard InChI is InChI=1S/C12H17N3S/c1-12(2,3)15-8-9(7-13)11(14-15)10-5-4-6-16-10/h4-6,8H,7,13H2,1-3H3. The first kappa shape index (κ1) is 11.4. The molecule has 2 aromatic rings. The normalized spacial score (nSPS) is 12.0. The molecule has 0 spiro atoms. The fraction of sp³-hybridized carbons (Fsp3) is 0.417. The molecule has 3 nitrogen and oxygen atoms in total. The Kier molecular flexibility index (Phi) is 2.86. The van der Waals surface area contributed by atoms with Crippen LogP contribution in [0.1, 0.15) is 26.3 Å². The summed E-state index contributed by atoms with van der Waals surface area (Å²) in [5, 5.41) is 6.70. The van der Waals surface area contributed by atoms with Crippen molar-refractivity contribution in [2.45, 2.75) is 32.9 Å². The summed E-state index contributed by atoms with van der Waals surface area (Å²) < 4.78 is 1.99. The van der Waals surface area contributed by atoms with Gasteiger partial charge in [0.05, 0.1) is 10.4 Å². The second-order valence-electron chi connectivity index (χ2n) is 4.80. The van der Waals surface area contributed by atoms with Crippen molar-refractivity contribution in [3.63, 3.8) is 0 Å². The average Bonchev–Trinajstić information content (AvgIpc) is 2.85. The zero-order valence-corrected chi connectivity index (χ0v) is 10.7. The van der Waals surface area contributed by atoms with Gasteiger partial charge in [0.1, 0.15) is 5.69 Å². The molecule has 0 aromatic carbocycles. The molecule has 86 valence electrons. The predicted octanol–water partition coefficient (Wildman–Crippen LogP) is 2.83. The molecule has 0 amide bonds. The third-order valence-corrected chi connectivity index (χ3v) is 3.33. The molecule has 0 fully saturated rings. The zero-order chi connectivity index (χ0) is 11.8. The molecule has 0 bridgehead atoms. The Morgan fingerprint density at radius 3 is 2.69 bits per heavy atom. The molecular weight excluding hydrogens is 218 g/mol. The van der Waals surface area contributed by atoms with Crippen LogP contribution in [0.15, 0.2) is 23.7 Å². The van der Waals surface area contributed by atoms with Gasteiger partial charge in [0.2, 0.25) is 0 Å². The van der Waals surface area contributed by atoms with Crippen LogP contribution in [-0.2, 0) is 12.1 Å². The molecule has 0 atom stereocenters. The van der Waals surface area contributed by atoms with E-state index in [2.05, 4.69) is 43.5 Å². The quantitative estimate of drug-likeness (QED) is 0.870. The SMILES string of the molecule is CC(C)(C)n1cc(CN)c(-c2cccs2)n1. The van der Waals surface area contributed by atoms with Gasteiger partial charge in [-0.3, -0.25) is 4.68 Å². The number of hydrogen-bond donors (Lipinski definition) is 1. The van der Waals surface area contributed by atoms with Crippen LogP contribution in [0.2, 0.25) is 0 Å². The van der Waals surface area contributed by atoms with Crippen LogP contribution in [0.3, 0.4) is 0 Å². The van der Waals surface area contributed by atoms with Crippen molar-refractivity contribution in [1.82, 2.24) is 9.78 Å². The minimum Gasteiger partial charge on any atom is -0.326 e. The zero-order valence-electron chi connectivity index (χ0n) is 9.90. The highest BCUT2D eigenvalue weighted by molar-refractivity contribution is 7.13. The molecule has 0 saturated heterocycles. The Morgan fingerprint density at radius 1 is 1.44 bits per heavy atom. The predicted molar refractivity (Wildman–Crippen MR) is 68.4 cm³/mol.